The van der Waals surface area contributed by atoms with Gasteiger partial charge in [-0.2, -0.15) is 0 Å². The largest absolute Gasteiger partial charge is 0.324 e. The molecule has 2 N–H and O–H groups in total. The van der Waals surface area contributed by atoms with E-state index in [9.17, 15) is 27.2 Å². The molecule has 0 aliphatic heterocycles. The first-order valence-electron chi connectivity index (χ1n) is 9.51. The summed E-state index contributed by atoms with van der Waals surface area (Å²) in [5.41, 5.74) is 0.412. The molecule has 5 nitrogen and oxygen atoms in total. The molecule has 2 amide bonds. The van der Waals surface area contributed by atoms with Crippen LogP contribution in [0.1, 0.15) is 11.6 Å². The van der Waals surface area contributed by atoms with Gasteiger partial charge in [0.15, 0.2) is 17.5 Å². The molecule has 0 aromatic heterocycles. The molecule has 1 atom stereocenters. The highest BCUT2D eigenvalue weighted by molar-refractivity contribution is 5.97. The third-order valence-corrected chi connectivity index (χ3v) is 4.62. The average molecular weight is 445 g/mol. The van der Waals surface area contributed by atoms with Crippen LogP contribution in [-0.4, -0.2) is 30.3 Å². The average Bonchev–Trinajstić information content (AvgIpc) is 2.76. The van der Waals surface area contributed by atoms with Crippen molar-refractivity contribution >= 4 is 23.2 Å². The second-order valence-electron chi connectivity index (χ2n) is 7.00. The van der Waals surface area contributed by atoms with Gasteiger partial charge in [-0.3, -0.25) is 14.5 Å². The number of hydrogen-bond acceptors (Lipinski definition) is 3. The minimum absolute atomic E-state index is 0.360. The van der Waals surface area contributed by atoms with Crippen LogP contribution in [-0.2, 0) is 9.59 Å². The maximum absolute atomic E-state index is 13.8. The number of rotatable bonds is 7. The van der Waals surface area contributed by atoms with Crippen LogP contribution in [0.15, 0.2) is 66.7 Å². The highest BCUT2D eigenvalue weighted by atomic mass is 19.2. The van der Waals surface area contributed by atoms with E-state index in [1.165, 1.54) is 36.2 Å². The number of carbonyl (C=O) groups excluding carboxylic acids is 2. The highest BCUT2D eigenvalue weighted by Crippen LogP contribution is 2.23. The van der Waals surface area contributed by atoms with Gasteiger partial charge in [-0.05, 0) is 49.0 Å². The van der Waals surface area contributed by atoms with Crippen molar-refractivity contribution in [2.75, 3.05) is 24.2 Å². The van der Waals surface area contributed by atoms with Crippen molar-refractivity contribution < 1.29 is 27.2 Å². The molecule has 9 heteroatoms. The van der Waals surface area contributed by atoms with E-state index in [1.807, 2.05) is 0 Å². The maximum atomic E-state index is 13.8. The molecule has 0 aliphatic rings. The summed E-state index contributed by atoms with van der Waals surface area (Å²) in [6.45, 7) is -0.366. The number of hydrogen-bond donors (Lipinski definition) is 2. The number of halogens is 4. The van der Waals surface area contributed by atoms with Crippen molar-refractivity contribution in [1.82, 2.24) is 4.90 Å². The molecule has 32 heavy (non-hydrogen) atoms. The Hall–Kier alpha value is -3.72. The van der Waals surface area contributed by atoms with E-state index in [-0.39, 0.29) is 6.54 Å². The van der Waals surface area contributed by atoms with E-state index in [2.05, 4.69) is 10.6 Å². The highest BCUT2D eigenvalue weighted by Gasteiger charge is 2.27. The monoisotopic (exact) mass is 445 g/mol. The van der Waals surface area contributed by atoms with Crippen LogP contribution in [0.5, 0.6) is 0 Å². The molecule has 0 heterocycles. The van der Waals surface area contributed by atoms with Gasteiger partial charge in [0, 0.05) is 5.69 Å². The number of likely N-dealkylation sites (N-methyl/N-ethyl adjacent to an activating group) is 1. The summed E-state index contributed by atoms with van der Waals surface area (Å²) in [7, 11) is 1.50. The summed E-state index contributed by atoms with van der Waals surface area (Å²) in [6.07, 6.45) is 0. The van der Waals surface area contributed by atoms with Crippen LogP contribution >= 0.6 is 0 Å². The van der Waals surface area contributed by atoms with Crippen LogP contribution in [0.25, 0.3) is 0 Å². The Morgan fingerprint density at radius 3 is 2.16 bits per heavy atom. The molecule has 0 unspecified atom stereocenters. The van der Waals surface area contributed by atoms with Crippen LogP contribution in [0.2, 0.25) is 0 Å². The smallest absolute Gasteiger partial charge is 0.246 e. The van der Waals surface area contributed by atoms with E-state index in [1.54, 1.807) is 30.3 Å². The number of amides is 2. The normalized spacial score (nSPS) is 11.8. The van der Waals surface area contributed by atoms with Gasteiger partial charge in [-0.15, -0.1) is 0 Å². The Balaban J connectivity index is 1.77. The van der Waals surface area contributed by atoms with E-state index < -0.39 is 46.8 Å². The third-order valence-electron chi connectivity index (χ3n) is 4.62. The Labute approximate surface area is 181 Å². The zero-order valence-corrected chi connectivity index (χ0v) is 16.9. The van der Waals surface area contributed by atoms with Gasteiger partial charge in [0.25, 0.3) is 0 Å². The molecule has 0 saturated carbocycles. The quantitative estimate of drug-likeness (QED) is 0.416. The number of anilines is 2. The first kappa shape index (κ1) is 23.0. The van der Waals surface area contributed by atoms with Crippen LogP contribution in [0.4, 0.5) is 28.9 Å². The van der Waals surface area contributed by atoms with Crippen LogP contribution in [0.3, 0.4) is 0 Å². The molecular weight excluding hydrogens is 426 g/mol. The zero-order valence-electron chi connectivity index (χ0n) is 16.9. The van der Waals surface area contributed by atoms with Gasteiger partial charge >= 0.3 is 0 Å². The molecular formula is C23H19F4N3O2. The molecule has 0 saturated heterocycles. The number of benzene rings is 3. The van der Waals surface area contributed by atoms with Gasteiger partial charge in [0.1, 0.15) is 11.9 Å². The molecule has 0 radical (unpaired) electrons. The minimum atomic E-state index is -1.70. The first-order chi connectivity index (χ1) is 15.3. The van der Waals surface area contributed by atoms with Crippen molar-refractivity contribution in [3.8, 4) is 0 Å². The van der Waals surface area contributed by atoms with Gasteiger partial charge < -0.3 is 10.6 Å². The standard InChI is InChI=1S/C23H19F4N3O2/c1-30(13-19(31)29-18-12-11-17(25)20(26)21(18)27)22(14-5-3-2-4-6-14)23(32)28-16-9-7-15(24)8-10-16/h2-12,22H,13H2,1H3,(H,28,32)(H,29,31)/t22-/m1/s1. The lowest BCUT2D eigenvalue weighted by Gasteiger charge is -2.27. The second-order valence-corrected chi connectivity index (χ2v) is 7.00. The minimum Gasteiger partial charge on any atom is -0.324 e. The van der Waals surface area contributed by atoms with E-state index >= 15 is 0 Å². The van der Waals surface area contributed by atoms with Gasteiger partial charge in [-0.25, -0.2) is 17.6 Å². The molecule has 3 aromatic rings. The Bertz CT molecular complexity index is 1110. The van der Waals surface area contributed by atoms with Crippen molar-refractivity contribution in [3.63, 3.8) is 0 Å². The fourth-order valence-corrected chi connectivity index (χ4v) is 3.12. The van der Waals surface area contributed by atoms with E-state index in [0.29, 0.717) is 17.3 Å². The maximum Gasteiger partial charge on any atom is 0.246 e. The first-order valence-corrected chi connectivity index (χ1v) is 9.51. The van der Waals surface area contributed by atoms with Gasteiger partial charge in [-0.1, -0.05) is 30.3 Å². The predicted octanol–water partition coefficient (Wildman–Crippen LogP) is 4.49. The molecule has 0 fully saturated rings. The summed E-state index contributed by atoms with van der Waals surface area (Å²) in [4.78, 5) is 26.8. The lowest BCUT2D eigenvalue weighted by molar-refractivity contribution is -0.123. The molecule has 3 rings (SSSR count). The summed E-state index contributed by atoms with van der Waals surface area (Å²) < 4.78 is 53.5. The fourth-order valence-electron chi connectivity index (χ4n) is 3.12. The molecule has 0 spiro atoms. The predicted molar refractivity (Wildman–Crippen MR) is 112 cm³/mol. The summed E-state index contributed by atoms with van der Waals surface area (Å²) in [5.74, 6) is -6.28. The van der Waals surface area contributed by atoms with Crippen LogP contribution < -0.4 is 10.6 Å². The summed E-state index contributed by atoms with van der Waals surface area (Å²) in [6, 6.07) is 14.4. The molecule has 166 valence electrons. The van der Waals surface area contributed by atoms with Gasteiger partial charge in [0.05, 0.1) is 12.2 Å². The Morgan fingerprint density at radius 1 is 0.844 bits per heavy atom. The summed E-state index contributed by atoms with van der Waals surface area (Å²) in [5, 5.41) is 4.84. The SMILES string of the molecule is CN(CC(=O)Nc1ccc(F)c(F)c1F)[C@@H](C(=O)Nc1ccc(F)cc1)c1ccccc1. The fraction of sp³-hybridized carbons (Fsp3) is 0.130. The van der Waals surface area contributed by atoms with E-state index in [4.69, 9.17) is 0 Å². The van der Waals surface area contributed by atoms with Crippen molar-refractivity contribution in [3.05, 3.63) is 95.6 Å². The lowest BCUT2D eigenvalue weighted by atomic mass is 10.0. The Kier molecular flexibility index (Phi) is 7.21. The zero-order chi connectivity index (χ0) is 23.3. The summed E-state index contributed by atoms with van der Waals surface area (Å²) >= 11 is 0. The number of nitrogens with zero attached hydrogens (tertiary/aromatic N) is 1. The van der Waals surface area contributed by atoms with E-state index in [0.717, 1.165) is 6.07 Å². The molecule has 0 bridgehead atoms. The molecule has 0 aliphatic carbocycles. The number of carbonyl (C=O) groups is 2. The number of nitrogens with one attached hydrogen (secondary N) is 2. The van der Waals surface area contributed by atoms with Gasteiger partial charge in [0.2, 0.25) is 11.8 Å². The Morgan fingerprint density at radius 2 is 1.50 bits per heavy atom. The van der Waals surface area contributed by atoms with Crippen molar-refractivity contribution in [2.24, 2.45) is 0 Å². The second kappa shape index (κ2) is 10.1. The van der Waals surface area contributed by atoms with Crippen molar-refractivity contribution in [2.45, 2.75) is 6.04 Å². The topological polar surface area (TPSA) is 61.4 Å². The van der Waals surface area contributed by atoms with Crippen molar-refractivity contribution in [1.29, 1.82) is 0 Å². The third kappa shape index (κ3) is 5.50. The lowest BCUT2D eigenvalue weighted by Crippen LogP contribution is -2.39. The van der Waals surface area contributed by atoms with Crippen LogP contribution in [0, 0.1) is 23.3 Å². The molecule has 3 aromatic carbocycles.